The fraction of sp³-hybridized carbons (Fsp3) is 0.935. The molecule has 1 aromatic heterocycles. The zero-order chi connectivity index (χ0) is 34.3. The van der Waals surface area contributed by atoms with Crippen molar-refractivity contribution in [1.29, 1.82) is 0 Å². The molecule has 0 aliphatic rings. The quantitative estimate of drug-likeness (QED) is 0.0484. The van der Waals surface area contributed by atoms with Crippen molar-refractivity contribution in [3.63, 3.8) is 0 Å². The van der Waals surface area contributed by atoms with Gasteiger partial charge in [-0.25, -0.2) is 9.13 Å². The zero-order valence-electron chi connectivity index (χ0n) is 33.6. The lowest BCUT2D eigenvalue weighted by Crippen LogP contribution is -2.23. The molecule has 0 radical (unpaired) electrons. The van der Waals surface area contributed by atoms with Crippen molar-refractivity contribution in [2.24, 2.45) is 7.05 Å². The molecule has 0 N–H and O–H groups in total. The maximum atomic E-state index is 2.31. The maximum Gasteiger partial charge on any atom is 0.243 e. The van der Waals surface area contributed by atoms with Crippen LogP contribution in [0.15, 0.2) is 18.7 Å². The van der Waals surface area contributed by atoms with Gasteiger partial charge in [-0.15, -0.1) is 0 Å². The number of nitrogens with zero attached hydrogens (tertiary/aromatic N) is 2. The van der Waals surface area contributed by atoms with E-state index in [1.165, 1.54) is 263 Å². The zero-order valence-corrected chi connectivity index (χ0v) is 33.6. The molecular formula is C46H91N2+. The number of unbranched alkanes of at least 4 members (excludes halogenated alkanes) is 39. The number of hydrogen-bond donors (Lipinski definition) is 0. The highest BCUT2D eigenvalue weighted by Crippen LogP contribution is 2.17. The molecule has 0 amide bonds. The van der Waals surface area contributed by atoms with Gasteiger partial charge in [-0.3, -0.25) is 0 Å². The Labute approximate surface area is 304 Å². The van der Waals surface area contributed by atoms with Crippen molar-refractivity contribution in [2.45, 2.75) is 270 Å². The van der Waals surface area contributed by atoms with Gasteiger partial charge in [-0.2, -0.15) is 0 Å². The number of rotatable bonds is 41. The van der Waals surface area contributed by atoms with E-state index in [1.807, 2.05) is 0 Å². The smallest absolute Gasteiger partial charge is 0.240 e. The molecule has 0 atom stereocenters. The first-order valence-electron chi connectivity index (χ1n) is 22.8. The minimum absolute atomic E-state index is 1.18. The third kappa shape index (κ3) is 35.1. The third-order valence-electron chi connectivity index (χ3n) is 11.1. The van der Waals surface area contributed by atoms with Gasteiger partial charge >= 0.3 is 0 Å². The van der Waals surface area contributed by atoms with Gasteiger partial charge in [0, 0.05) is 0 Å². The van der Waals surface area contributed by atoms with Crippen molar-refractivity contribution in [2.75, 3.05) is 0 Å². The molecule has 0 aromatic carbocycles. The van der Waals surface area contributed by atoms with E-state index in [4.69, 9.17) is 0 Å². The van der Waals surface area contributed by atoms with Crippen molar-refractivity contribution in [1.82, 2.24) is 4.57 Å². The Balaban J connectivity index is 1.60. The van der Waals surface area contributed by atoms with Gasteiger partial charge in [0.05, 0.1) is 13.6 Å². The van der Waals surface area contributed by atoms with E-state index < -0.39 is 0 Å². The van der Waals surface area contributed by atoms with Crippen molar-refractivity contribution >= 4 is 0 Å². The molecule has 0 aliphatic carbocycles. The Morgan fingerprint density at radius 1 is 0.312 bits per heavy atom. The summed E-state index contributed by atoms with van der Waals surface area (Å²) in [6.07, 6.45) is 65.5. The van der Waals surface area contributed by atoms with Crippen molar-refractivity contribution in [3.8, 4) is 0 Å². The largest absolute Gasteiger partial charge is 0.243 e. The second-order valence-corrected chi connectivity index (χ2v) is 16.1. The van der Waals surface area contributed by atoms with E-state index in [0.717, 1.165) is 0 Å². The highest BCUT2D eigenvalue weighted by Gasteiger charge is 2.00. The summed E-state index contributed by atoms with van der Waals surface area (Å²) in [5, 5.41) is 0. The van der Waals surface area contributed by atoms with Crippen LogP contribution >= 0.6 is 0 Å². The van der Waals surface area contributed by atoms with Crippen LogP contribution in [-0.4, -0.2) is 4.57 Å². The highest BCUT2D eigenvalue weighted by atomic mass is 15.1. The van der Waals surface area contributed by atoms with E-state index in [1.54, 1.807) is 0 Å². The summed E-state index contributed by atoms with van der Waals surface area (Å²) in [7, 11) is 2.10. The molecule has 1 heterocycles. The average Bonchev–Trinajstić information content (AvgIpc) is 3.52. The molecule has 1 rings (SSSR count). The van der Waals surface area contributed by atoms with Gasteiger partial charge in [0.15, 0.2) is 0 Å². The molecule has 2 nitrogen and oxygen atoms in total. The van der Waals surface area contributed by atoms with Crippen LogP contribution in [0.2, 0.25) is 0 Å². The van der Waals surface area contributed by atoms with Crippen molar-refractivity contribution < 1.29 is 4.57 Å². The molecule has 0 saturated carbocycles. The SMILES string of the molecule is CCCCCCCCCCCCCCCCCCCCCCCCCCCCCCCCCCCCCCCCCCn1cc[n+](C)c1. The first-order valence-corrected chi connectivity index (χ1v) is 22.8. The molecule has 1 aromatic rings. The fourth-order valence-corrected chi connectivity index (χ4v) is 7.72. The van der Waals surface area contributed by atoms with Crippen LogP contribution in [0.3, 0.4) is 0 Å². The number of hydrogen-bond acceptors (Lipinski definition) is 0. The summed E-state index contributed by atoms with van der Waals surface area (Å²) in [5.41, 5.74) is 0. The van der Waals surface area contributed by atoms with E-state index in [2.05, 4.69) is 41.8 Å². The minimum atomic E-state index is 1.18. The van der Waals surface area contributed by atoms with Crippen LogP contribution in [0.1, 0.15) is 264 Å². The Kier molecular flexibility index (Phi) is 36.8. The maximum absolute atomic E-state index is 2.31. The summed E-state index contributed by atoms with van der Waals surface area (Å²) in [5.74, 6) is 0. The van der Waals surface area contributed by atoms with Gasteiger partial charge in [-0.1, -0.05) is 251 Å². The predicted octanol–water partition coefficient (Wildman–Crippen LogP) is 15.9. The molecule has 284 valence electrons. The van der Waals surface area contributed by atoms with Crippen LogP contribution in [0.25, 0.3) is 0 Å². The number of aromatic nitrogens is 2. The van der Waals surface area contributed by atoms with Gasteiger partial charge in [-0.05, 0) is 12.8 Å². The van der Waals surface area contributed by atoms with Gasteiger partial charge in [0.1, 0.15) is 12.4 Å². The van der Waals surface area contributed by atoms with Crippen LogP contribution in [0.4, 0.5) is 0 Å². The Hall–Kier alpha value is -0.790. The van der Waals surface area contributed by atoms with Gasteiger partial charge < -0.3 is 0 Å². The molecule has 0 fully saturated rings. The first-order chi connectivity index (χ1) is 23.8. The van der Waals surface area contributed by atoms with Crippen LogP contribution < -0.4 is 4.57 Å². The highest BCUT2D eigenvalue weighted by molar-refractivity contribution is 4.65. The lowest BCUT2D eigenvalue weighted by molar-refractivity contribution is -0.671. The molecule has 48 heavy (non-hydrogen) atoms. The van der Waals surface area contributed by atoms with E-state index >= 15 is 0 Å². The molecule has 0 saturated heterocycles. The normalized spacial score (nSPS) is 11.6. The summed E-state index contributed by atoms with van der Waals surface area (Å²) in [4.78, 5) is 0. The Morgan fingerprint density at radius 2 is 0.521 bits per heavy atom. The second kappa shape index (κ2) is 39.0. The monoisotopic (exact) mass is 672 g/mol. The second-order valence-electron chi connectivity index (χ2n) is 16.1. The molecule has 0 aliphatic heterocycles. The Bertz CT molecular complexity index is 709. The lowest BCUT2D eigenvalue weighted by Gasteiger charge is -2.05. The van der Waals surface area contributed by atoms with E-state index in [9.17, 15) is 0 Å². The molecule has 0 unspecified atom stereocenters. The predicted molar refractivity (Wildman–Crippen MR) is 216 cm³/mol. The number of aryl methyl sites for hydroxylation is 2. The third-order valence-corrected chi connectivity index (χ3v) is 11.1. The van der Waals surface area contributed by atoms with Gasteiger partial charge in [0.25, 0.3) is 0 Å². The van der Waals surface area contributed by atoms with Gasteiger partial charge in [0.2, 0.25) is 6.33 Å². The minimum Gasteiger partial charge on any atom is -0.240 e. The lowest BCUT2D eigenvalue weighted by atomic mass is 10.0. The van der Waals surface area contributed by atoms with Crippen molar-refractivity contribution in [3.05, 3.63) is 18.7 Å². The van der Waals surface area contributed by atoms with E-state index in [0.29, 0.717) is 0 Å². The standard InChI is InChI=1S/C46H91N2/c1-3-4-5-6-7-8-9-10-11-12-13-14-15-16-17-18-19-20-21-22-23-24-25-26-27-28-29-30-31-32-33-34-35-36-37-38-39-40-41-42-43-48-45-44-47(2)46-48/h44-46H,3-43H2,1-2H3/q+1. The molecule has 0 spiro atoms. The summed E-state index contributed by atoms with van der Waals surface area (Å²) >= 11 is 0. The molecule has 0 bridgehead atoms. The van der Waals surface area contributed by atoms with E-state index in [-0.39, 0.29) is 0 Å². The summed E-state index contributed by atoms with van der Waals surface area (Å²) in [6, 6.07) is 0. The topological polar surface area (TPSA) is 8.81 Å². The average molecular weight is 672 g/mol. The Morgan fingerprint density at radius 3 is 0.708 bits per heavy atom. The summed E-state index contributed by atoms with van der Waals surface area (Å²) in [6.45, 7) is 3.49. The summed E-state index contributed by atoms with van der Waals surface area (Å²) < 4.78 is 4.44. The van der Waals surface area contributed by atoms with Crippen LogP contribution in [0.5, 0.6) is 0 Å². The fourth-order valence-electron chi connectivity index (χ4n) is 7.72. The molecule has 2 heteroatoms. The van der Waals surface area contributed by atoms with Crippen LogP contribution in [-0.2, 0) is 13.6 Å². The first kappa shape index (κ1) is 45.2. The molecular weight excluding hydrogens is 581 g/mol. The number of imidazole rings is 1. The van der Waals surface area contributed by atoms with Crippen LogP contribution in [0, 0.1) is 0 Å².